The van der Waals surface area contributed by atoms with E-state index in [4.69, 9.17) is 0 Å². The summed E-state index contributed by atoms with van der Waals surface area (Å²) in [4.78, 5) is 2.41. The van der Waals surface area contributed by atoms with Crippen LogP contribution in [-0.4, -0.2) is 0 Å². The number of rotatable bonds is 3. The van der Waals surface area contributed by atoms with Gasteiger partial charge in [-0.3, -0.25) is 0 Å². The molecule has 0 fully saturated rings. The van der Waals surface area contributed by atoms with Gasteiger partial charge < -0.3 is 4.90 Å². The van der Waals surface area contributed by atoms with Crippen LogP contribution in [0.4, 0.5) is 17.1 Å². The molecular weight excluding hydrogens is 382 g/mol. The number of fused-ring (bicyclic) bond motifs is 4. The topological polar surface area (TPSA) is 3.24 Å². The fourth-order valence-corrected chi connectivity index (χ4v) is 5.48. The summed E-state index contributed by atoms with van der Waals surface area (Å²) in [5.41, 5.74) is 3.58. The van der Waals surface area contributed by atoms with Gasteiger partial charge in [-0.25, -0.2) is 0 Å². The minimum Gasteiger partial charge on any atom is -0.309 e. The average Bonchev–Trinajstić information content (AvgIpc) is 3.18. The molecule has 0 aliphatic heterocycles. The van der Waals surface area contributed by atoms with Gasteiger partial charge in [0.1, 0.15) is 0 Å². The third-order valence-corrected chi connectivity index (χ3v) is 6.73. The lowest BCUT2D eigenvalue weighted by Gasteiger charge is -2.28. The zero-order chi connectivity index (χ0) is 19.9. The molecule has 0 aliphatic rings. The van der Waals surface area contributed by atoms with E-state index in [1.165, 1.54) is 36.6 Å². The minimum absolute atomic E-state index is 1.16. The number of hydrogen-bond acceptors (Lipinski definition) is 2. The summed E-state index contributed by atoms with van der Waals surface area (Å²) < 4.78 is 2.65. The van der Waals surface area contributed by atoms with Crippen molar-refractivity contribution in [2.24, 2.45) is 0 Å². The van der Waals surface area contributed by atoms with E-state index in [0.717, 1.165) is 11.4 Å². The van der Waals surface area contributed by atoms with Crippen molar-refractivity contribution in [1.29, 1.82) is 0 Å². The van der Waals surface area contributed by atoms with Crippen LogP contribution in [0.15, 0.2) is 115 Å². The summed E-state index contributed by atoms with van der Waals surface area (Å²) >= 11 is 1.87. The molecule has 5 aromatic carbocycles. The van der Waals surface area contributed by atoms with Crippen molar-refractivity contribution < 1.29 is 0 Å². The first-order chi connectivity index (χ1) is 14.9. The lowest BCUT2D eigenvalue weighted by molar-refractivity contribution is 1.31. The SMILES string of the molecule is c1ccc(N(c2ccccc2)c2c3ccccc3cc3sc4ccccc4c23)cc1. The second-order valence-corrected chi connectivity index (χ2v) is 8.51. The van der Waals surface area contributed by atoms with Gasteiger partial charge in [0.25, 0.3) is 0 Å². The number of para-hydroxylation sites is 2. The van der Waals surface area contributed by atoms with E-state index in [2.05, 4.69) is 120 Å². The maximum absolute atomic E-state index is 2.41. The Hall–Kier alpha value is -3.62. The molecule has 142 valence electrons. The Morgan fingerprint density at radius 2 is 1.07 bits per heavy atom. The summed E-state index contributed by atoms with van der Waals surface area (Å²) in [6.45, 7) is 0. The quantitative estimate of drug-likeness (QED) is 0.287. The molecule has 0 saturated carbocycles. The van der Waals surface area contributed by atoms with Gasteiger partial charge in [-0.15, -0.1) is 11.3 Å². The second-order valence-electron chi connectivity index (χ2n) is 7.42. The van der Waals surface area contributed by atoms with Crippen molar-refractivity contribution >= 4 is 59.3 Å². The summed E-state index contributed by atoms with van der Waals surface area (Å²) in [6.07, 6.45) is 0. The molecule has 30 heavy (non-hydrogen) atoms. The Labute approximate surface area is 179 Å². The minimum atomic E-state index is 1.16. The molecule has 1 nitrogen and oxygen atoms in total. The average molecular weight is 402 g/mol. The number of thiophene rings is 1. The van der Waals surface area contributed by atoms with Crippen LogP contribution in [0.5, 0.6) is 0 Å². The first-order valence-corrected chi connectivity index (χ1v) is 10.9. The van der Waals surface area contributed by atoms with E-state index in [1.54, 1.807) is 0 Å². The number of anilines is 3. The van der Waals surface area contributed by atoms with Crippen LogP contribution >= 0.6 is 11.3 Å². The first-order valence-electron chi connectivity index (χ1n) is 10.1. The van der Waals surface area contributed by atoms with Crippen LogP contribution in [-0.2, 0) is 0 Å². The Balaban J connectivity index is 1.82. The maximum atomic E-state index is 2.41. The van der Waals surface area contributed by atoms with E-state index in [-0.39, 0.29) is 0 Å². The Bertz CT molecular complexity index is 1440. The third kappa shape index (κ3) is 2.69. The fraction of sp³-hybridized carbons (Fsp3) is 0. The van der Waals surface area contributed by atoms with E-state index < -0.39 is 0 Å². The van der Waals surface area contributed by atoms with Crippen molar-refractivity contribution in [2.75, 3.05) is 4.90 Å². The molecule has 0 radical (unpaired) electrons. The van der Waals surface area contributed by atoms with Crippen LogP contribution in [0.25, 0.3) is 30.9 Å². The van der Waals surface area contributed by atoms with E-state index in [1.807, 2.05) is 11.3 Å². The summed E-state index contributed by atoms with van der Waals surface area (Å²) in [5.74, 6) is 0. The first kappa shape index (κ1) is 17.3. The van der Waals surface area contributed by atoms with Gasteiger partial charge >= 0.3 is 0 Å². The van der Waals surface area contributed by atoms with Gasteiger partial charge in [-0.1, -0.05) is 78.9 Å². The Morgan fingerprint density at radius 3 is 1.77 bits per heavy atom. The van der Waals surface area contributed by atoms with Crippen molar-refractivity contribution in [3.05, 3.63) is 115 Å². The fourth-order valence-electron chi connectivity index (χ4n) is 4.32. The van der Waals surface area contributed by atoms with E-state index in [9.17, 15) is 0 Å². The third-order valence-electron chi connectivity index (χ3n) is 5.61. The highest BCUT2D eigenvalue weighted by Gasteiger charge is 2.21. The molecule has 1 heterocycles. The van der Waals surface area contributed by atoms with Crippen LogP contribution in [0.3, 0.4) is 0 Å². The normalized spacial score (nSPS) is 11.3. The molecule has 0 unspecified atom stereocenters. The molecule has 0 aliphatic carbocycles. The highest BCUT2D eigenvalue weighted by molar-refractivity contribution is 7.26. The molecule has 6 aromatic rings. The molecule has 1 aromatic heterocycles. The predicted molar refractivity (Wildman–Crippen MR) is 132 cm³/mol. The Kier molecular flexibility index (Phi) is 4.03. The zero-order valence-electron chi connectivity index (χ0n) is 16.3. The van der Waals surface area contributed by atoms with Gasteiger partial charge in [0.2, 0.25) is 0 Å². The second kappa shape index (κ2) is 7.01. The van der Waals surface area contributed by atoms with Crippen LogP contribution < -0.4 is 4.90 Å². The van der Waals surface area contributed by atoms with E-state index >= 15 is 0 Å². The summed E-state index contributed by atoms with van der Waals surface area (Å²) in [5, 5.41) is 5.17. The smallest absolute Gasteiger partial charge is 0.0633 e. The predicted octanol–water partition coefficient (Wildman–Crippen LogP) is 8.68. The van der Waals surface area contributed by atoms with Gasteiger partial charge in [0.15, 0.2) is 0 Å². The van der Waals surface area contributed by atoms with Crippen LogP contribution in [0, 0.1) is 0 Å². The maximum Gasteiger partial charge on any atom is 0.0633 e. The molecule has 6 rings (SSSR count). The lowest BCUT2D eigenvalue weighted by Crippen LogP contribution is -2.10. The highest BCUT2D eigenvalue weighted by atomic mass is 32.1. The molecule has 0 amide bonds. The highest BCUT2D eigenvalue weighted by Crippen LogP contribution is 2.48. The summed E-state index contributed by atoms with van der Waals surface area (Å²) in [7, 11) is 0. The van der Waals surface area contributed by atoms with Crippen molar-refractivity contribution in [3.8, 4) is 0 Å². The molecule has 2 heteroatoms. The van der Waals surface area contributed by atoms with Crippen molar-refractivity contribution in [3.63, 3.8) is 0 Å². The zero-order valence-corrected chi connectivity index (χ0v) is 17.1. The van der Waals surface area contributed by atoms with Gasteiger partial charge in [0, 0.05) is 36.9 Å². The standard InChI is InChI=1S/C28H19NS/c1-3-12-21(13-4-1)29(22-14-5-2-6-15-22)28-23-16-8-7-11-20(23)19-26-27(28)24-17-9-10-18-25(24)30-26/h1-19H. The largest absolute Gasteiger partial charge is 0.309 e. The number of nitrogens with zero attached hydrogens (tertiary/aromatic N) is 1. The van der Waals surface area contributed by atoms with Crippen molar-refractivity contribution in [1.82, 2.24) is 0 Å². The molecule has 0 bridgehead atoms. The number of hydrogen-bond donors (Lipinski definition) is 0. The molecule has 0 saturated heterocycles. The van der Waals surface area contributed by atoms with E-state index in [0.29, 0.717) is 0 Å². The molecule has 0 atom stereocenters. The number of benzene rings is 5. The lowest BCUT2D eigenvalue weighted by atomic mass is 10.0. The van der Waals surface area contributed by atoms with Crippen LogP contribution in [0.2, 0.25) is 0 Å². The van der Waals surface area contributed by atoms with Gasteiger partial charge in [0.05, 0.1) is 5.69 Å². The monoisotopic (exact) mass is 401 g/mol. The Morgan fingerprint density at radius 1 is 0.500 bits per heavy atom. The van der Waals surface area contributed by atoms with Gasteiger partial charge in [-0.2, -0.15) is 0 Å². The summed E-state index contributed by atoms with van der Waals surface area (Å²) in [6, 6.07) is 41.2. The van der Waals surface area contributed by atoms with Crippen molar-refractivity contribution in [2.45, 2.75) is 0 Å². The molecule has 0 spiro atoms. The van der Waals surface area contributed by atoms with Gasteiger partial charge in [-0.05, 0) is 41.8 Å². The van der Waals surface area contributed by atoms with Crippen LogP contribution in [0.1, 0.15) is 0 Å². The molecule has 0 N–H and O–H groups in total. The molecular formula is C28H19NS.